The first-order valence-electron chi connectivity index (χ1n) is 8.12. The highest BCUT2D eigenvalue weighted by Gasteiger charge is 2.21. The van der Waals surface area contributed by atoms with Gasteiger partial charge in [-0.25, -0.2) is 4.79 Å². The van der Waals surface area contributed by atoms with Gasteiger partial charge in [-0.1, -0.05) is 0 Å². The lowest BCUT2D eigenvalue weighted by atomic mass is 9.93. The molecule has 0 saturated heterocycles. The molecule has 2 amide bonds. The van der Waals surface area contributed by atoms with Crippen molar-refractivity contribution in [1.82, 2.24) is 10.6 Å². The van der Waals surface area contributed by atoms with E-state index in [9.17, 15) is 14.7 Å². The average Bonchev–Trinajstić information content (AvgIpc) is 2.37. The molecule has 0 bridgehead atoms. The predicted octanol–water partition coefficient (Wildman–Crippen LogP) is 2.10. The van der Waals surface area contributed by atoms with Gasteiger partial charge in [-0.05, 0) is 59.8 Å². The molecule has 128 valence electrons. The van der Waals surface area contributed by atoms with Crippen LogP contribution in [-0.2, 0) is 9.53 Å². The maximum Gasteiger partial charge on any atom is 0.407 e. The molecule has 0 unspecified atom stereocenters. The van der Waals surface area contributed by atoms with Gasteiger partial charge in [0.15, 0.2) is 0 Å². The summed E-state index contributed by atoms with van der Waals surface area (Å²) in [4.78, 5) is 23.5. The fraction of sp³-hybridized carbons (Fsp3) is 0.875. The average molecular weight is 314 g/mol. The summed E-state index contributed by atoms with van der Waals surface area (Å²) in [5.74, 6) is -0.000714. The van der Waals surface area contributed by atoms with E-state index in [2.05, 4.69) is 10.6 Å². The molecule has 0 aromatic rings. The van der Waals surface area contributed by atoms with Crippen LogP contribution in [0.15, 0.2) is 0 Å². The minimum atomic E-state index is -0.521. The standard InChI is InChI=1S/C16H30N2O4/c1-11(17-15(21)22-16(2,3)4)5-10-14(20)18-12-6-8-13(19)9-7-12/h11-13,19H,5-10H2,1-4H3,(H,17,21)(H,18,20)/t11-,12?,13?/m0/s1. The van der Waals surface area contributed by atoms with E-state index >= 15 is 0 Å². The quantitative estimate of drug-likeness (QED) is 0.725. The Morgan fingerprint density at radius 2 is 1.82 bits per heavy atom. The number of ether oxygens (including phenoxy) is 1. The number of nitrogens with one attached hydrogen (secondary N) is 2. The Labute approximate surface area is 133 Å². The van der Waals surface area contributed by atoms with Crippen LogP contribution < -0.4 is 10.6 Å². The molecule has 1 atom stereocenters. The van der Waals surface area contributed by atoms with Gasteiger partial charge >= 0.3 is 6.09 Å². The molecule has 0 spiro atoms. The number of rotatable bonds is 5. The smallest absolute Gasteiger partial charge is 0.407 e. The summed E-state index contributed by atoms with van der Waals surface area (Å²) in [6.45, 7) is 7.29. The lowest BCUT2D eigenvalue weighted by Crippen LogP contribution is -2.40. The lowest BCUT2D eigenvalue weighted by Gasteiger charge is -2.26. The number of aliphatic hydroxyl groups excluding tert-OH is 1. The Hall–Kier alpha value is -1.30. The monoisotopic (exact) mass is 314 g/mol. The molecule has 1 fully saturated rings. The highest BCUT2D eigenvalue weighted by molar-refractivity contribution is 5.76. The fourth-order valence-electron chi connectivity index (χ4n) is 2.45. The van der Waals surface area contributed by atoms with Gasteiger partial charge in [-0.15, -0.1) is 0 Å². The summed E-state index contributed by atoms with van der Waals surface area (Å²) in [6.07, 6.45) is 3.43. The minimum absolute atomic E-state index is 0.000714. The van der Waals surface area contributed by atoms with Crippen LogP contribution in [0.1, 0.15) is 66.2 Å². The second kappa shape index (κ2) is 8.36. The van der Waals surface area contributed by atoms with Gasteiger partial charge in [0.1, 0.15) is 5.60 Å². The number of aliphatic hydroxyl groups is 1. The van der Waals surface area contributed by atoms with E-state index in [1.165, 1.54) is 0 Å². The summed E-state index contributed by atoms with van der Waals surface area (Å²) in [5.41, 5.74) is -0.521. The van der Waals surface area contributed by atoms with Crippen LogP contribution in [0.2, 0.25) is 0 Å². The van der Waals surface area contributed by atoms with Crippen molar-refractivity contribution in [2.24, 2.45) is 0 Å². The van der Waals surface area contributed by atoms with Crippen molar-refractivity contribution in [1.29, 1.82) is 0 Å². The number of carbonyl (C=O) groups excluding carboxylic acids is 2. The van der Waals surface area contributed by atoms with Gasteiger partial charge < -0.3 is 20.5 Å². The highest BCUT2D eigenvalue weighted by Crippen LogP contribution is 2.18. The van der Waals surface area contributed by atoms with Crippen LogP contribution in [0.5, 0.6) is 0 Å². The van der Waals surface area contributed by atoms with Gasteiger partial charge in [-0.2, -0.15) is 0 Å². The molecule has 0 aliphatic heterocycles. The van der Waals surface area contributed by atoms with Crippen molar-refractivity contribution in [3.05, 3.63) is 0 Å². The summed E-state index contributed by atoms with van der Waals surface area (Å²) < 4.78 is 5.17. The molecular formula is C16H30N2O4. The summed E-state index contributed by atoms with van der Waals surface area (Å²) >= 11 is 0. The highest BCUT2D eigenvalue weighted by atomic mass is 16.6. The van der Waals surface area contributed by atoms with Crippen molar-refractivity contribution < 1.29 is 19.4 Å². The van der Waals surface area contributed by atoms with Gasteiger partial charge in [0.25, 0.3) is 0 Å². The summed E-state index contributed by atoms with van der Waals surface area (Å²) in [5, 5.41) is 15.2. The Balaban J connectivity index is 2.19. The van der Waals surface area contributed by atoms with E-state index in [1.807, 2.05) is 27.7 Å². The van der Waals surface area contributed by atoms with Gasteiger partial charge in [-0.3, -0.25) is 4.79 Å². The molecule has 1 saturated carbocycles. The molecule has 1 aliphatic carbocycles. The molecule has 3 N–H and O–H groups in total. The van der Waals surface area contributed by atoms with E-state index < -0.39 is 11.7 Å². The SMILES string of the molecule is C[C@@H](CCC(=O)NC1CCC(O)CC1)NC(=O)OC(C)(C)C. The van der Waals surface area contributed by atoms with Crippen LogP contribution in [0.25, 0.3) is 0 Å². The topological polar surface area (TPSA) is 87.7 Å². The van der Waals surface area contributed by atoms with Gasteiger partial charge in [0.05, 0.1) is 6.10 Å². The van der Waals surface area contributed by atoms with Gasteiger partial charge in [0.2, 0.25) is 5.91 Å². The zero-order chi connectivity index (χ0) is 16.8. The maximum atomic E-state index is 11.9. The van der Waals surface area contributed by atoms with Crippen LogP contribution in [0, 0.1) is 0 Å². The zero-order valence-electron chi connectivity index (χ0n) is 14.1. The minimum Gasteiger partial charge on any atom is -0.444 e. The van der Waals surface area contributed by atoms with Crippen LogP contribution in [-0.4, -0.2) is 40.9 Å². The molecule has 0 radical (unpaired) electrons. The summed E-state index contributed by atoms with van der Waals surface area (Å²) in [6, 6.07) is 0.0544. The Bertz CT molecular complexity index is 371. The molecule has 1 rings (SSSR count). The molecule has 22 heavy (non-hydrogen) atoms. The van der Waals surface area contributed by atoms with E-state index in [1.54, 1.807) is 0 Å². The molecule has 0 aromatic heterocycles. The third-order valence-electron chi connectivity index (χ3n) is 3.63. The Morgan fingerprint density at radius 1 is 1.23 bits per heavy atom. The van der Waals surface area contributed by atoms with E-state index in [0.717, 1.165) is 25.7 Å². The van der Waals surface area contributed by atoms with E-state index in [0.29, 0.717) is 12.8 Å². The van der Waals surface area contributed by atoms with Crippen molar-refractivity contribution >= 4 is 12.0 Å². The zero-order valence-corrected chi connectivity index (χ0v) is 14.1. The molecule has 6 nitrogen and oxygen atoms in total. The number of hydrogen-bond acceptors (Lipinski definition) is 4. The fourth-order valence-corrected chi connectivity index (χ4v) is 2.45. The van der Waals surface area contributed by atoms with Gasteiger partial charge in [0, 0.05) is 18.5 Å². The van der Waals surface area contributed by atoms with Crippen molar-refractivity contribution in [3.8, 4) is 0 Å². The second-order valence-electron chi connectivity index (χ2n) is 7.16. The Kier molecular flexibility index (Phi) is 7.13. The third-order valence-corrected chi connectivity index (χ3v) is 3.63. The number of alkyl carbamates (subject to hydrolysis) is 1. The van der Waals surface area contributed by atoms with Crippen LogP contribution >= 0.6 is 0 Å². The first-order chi connectivity index (χ1) is 10.2. The normalized spacial score (nSPS) is 23.5. The molecule has 1 aliphatic rings. The van der Waals surface area contributed by atoms with Crippen molar-refractivity contribution in [2.45, 2.75) is 90.0 Å². The van der Waals surface area contributed by atoms with Crippen molar-refractivity contribution in [3.63, 3.8) is 0 Å². The first-order valence-corrected chi connectivity index (χ1v) is 8.12. The molecule has 0 heterocycles. The van der Waals surface area contributed by atoms with Crippen molar-refractivity contribution in [2.75, 3.05) is 0 Å². The summed E-state index contributed by atoms with van der Waals surface area (Å²) in [7, 11) is 0. The molecule has 6 heteroatoms. The largest absolute Gasteiger partial charge is 0.444 e. The van der Waals surface area contributed by atoms with E-state index in [-0.39, 0.29) is 24.1 Å². The number of hydrogen-bond donors (Lipinski definition) is 3. The molecule has 0 aromatic carbocycles. The first kappa shape index (κ1) is 18.7. The maximum absolute atomic E-state index is 11.9. The second-order valence-corrected chi connectivity index (χ2v) is 7.16. The Morgan fingerprint density at radius 3 is 2.36 bits per heavy atom. The third kappa shape index (κ3) is 8.22. The lowest BCUT2D eigenvalue weighted by molar-refractivity contribution is -0.122. The number of amides is 2. The number of carbonyl (C=O) groups is 2. The van der Waals surface area contributed by atoms with E-state index in [4.69, 9.17) is 4.74 Å². The molecular weight excluding hydrogens is 284 g/mol. The van der Waals surface area contributed by atoms with Crippen LogP contribution in [0.4, 0.5) is 4.79 Å². The van der Waals surface area contributed by atoms with Crippen LogP contribution in [0.3, 0.4) is 0 Å². The predicted molar refractivity (Wildman–Crippen MR) is 84.5 cm³/mol.